The molecule has 0 bridgehead atoms. The Morgan fingerprint density at radius 2 is 1.36 bits per heavy atom. The van der Waals surface area contributed by atoms with Gasteiger partial charge >= 0.3 is 0 Å². The van der Waals surface area contributed by atoms with E-state index in [4.69, 9.17) is 0 Å². The first-order valence-electron chi connectivity index (χ1n) is 3.40. The third-order valence-electron chi connectivity index (χ3n) is 0.940. The van der Waals surface area contributed by atoms with Gasteiger partial charge in [-0.3, -0.25) is 0 Å². The van der Waals surface area contributed by atoms with E-state index in [1.807, 2.05) is 56.3 Å². The van der Waals surface area contributed by atoms with Crippen LogP contribution in [0, 0.1) is 6.07 Å². The molecule has 1 radical (unpaired) electrons. The molecule has 1 aromatic rings. The van der Waals surface area contributed by atoms with E-state index < -0.39 is 0 Å². The standard InChI is InChI=1S/C6H5.C4H8.Zn/c1-2-4-6-5-3-1;1-3-4-2;/h1-5H;3-4H,1-2H3;/b;4-3+;. The van der Waals surface area contributed by atoms with Crippen molar-refractivity contribution in [3.05, 3.63) is 48.6 Å². The fourth-order valence-corrected chi connectivity index (χ4v) is 0.342. The molecule has 0 aromatic heterocycles. The summed E-state index contributed by atoms with van der Waals surface area (Å²) in [5.41, 5.74) is 0. The molecule has 0 amide bonds. The molecule has 0 saturated heterocycles. The molecular weight excluding hydrogens is 185 g/mol. The maximum absolute atomic E-state index is 2.89. The number of rotatable bonds is 0. The van der Waals surface area contributed by atoms with Gasteiger partial charge in [-0.1, -0.05) is 42.5 Å². The van der Waals surface area contributed by atoms with Crippen LogP contribution in [0.1, 0.15) is 13.8 Å². The number of benzene rings is 1. The van der Waals surface area contributed by atoms with Crippen LogP contribution in [0.4, 0.5) is 0 Å². The Kier molecular flexibility index (Phi) is 14.7. The molecule has 11 heavy (non-hydrogen) atoms. The molecule has 0 saturated carbocycles. The molecule has 0 N–H and O–H groups in total. The van der Waals surface area contributed by atoms with E-state index in [0.717, 1.165) is 0 Å². The maximum atomic E-state index is 2.89. The Bertz CT molecular complexity index is 125. The number of allylic oxidation sites excluding steroid dienone is 2. The van der Waals surface area contributed by atoms with Crippen LogP contribution in [-0.4, -0.2) is 0 Å². The molecule has 0 aliphatic carbocycles. The zero-order valence-corrected chi connectivity index (χ0v) is 10.2. The predicted octanol–water partition coefficient (Wildman–Crippen LogP) is 3.07. The van der Waals surface area contributed by atoms with Crippen molar-refractivity contribution >= 4 is 0 Å². The second-order valence-corrected chi connectivity index (χ2v) is 1.74. The molecule has 55 valence electrons. The molecule has 0 unspecified atom stereocenters. The Morgan fingerprint density at radius 3 is 1.45 bits per heavy atom. The van der Waals surface area contributed by atoms with Gasteiger partial charge in [-0.2, -0.15) is 0 Å². The monoisotopic (exact) mass is 197 g/mol. The molecule has 0 atom stereocenters. The zero-order valence-electron chi connectivity index (χ0n) is 7.25. The van der Waals surface area contributed by atoms with Crippen molar-refractivity contribution in [3.63, 3.8) is 0 Å². The first-order valence-corrected chi connectivity index (χ1v) is 3.40. The molecule has 1 aromatic carbocycles. The van der Waals surface area contributed by atoms with Crippen molar-refractivity contribution in [2.75, 3.05) is 0 Å². The minimum Gasteiger partial charge on any atom is -0.0919 e. The third-order valence-corrected chi connectivity index (χ3v) is 0.940. The van der Waals surface area contributed by atoms with E-state index in [1.54, 1.807) is 0 Å². The first-order chi connectivity index (χ1) is 4.91. The molecule has 0 aliphatic heterocycles. The average Bonchev–Trinajstić information content (AvgIpc) is 2.08. The summed E-state index contributed by atoms with van der Waals surface area (Å²) in [6.07, 6.45) is 4.00. The molecule has 0 fully saturated rings. The summed E-state index contributed by atoms with van der Waals surface area (Å²) in [4.78, 5) is 0. The van der Waals surface area contributed by atoms with Gasteiger partial charge < -0.3 is 0 Å². The third kappa shape index (κ3) is 12.7. The Morgan fingerprint density at radius 1 is 0.909 bits per heavy atom. The van der Waals surface area contributed by atoms with Gasteiger partial charge in [0, 0.05) is 19.5 Å². The molecule has 0 nitrogen and oxygen atoms in total. The Balaban J connectivity index is 0. The SMILES string of the molecule is C/C=C/C.[Zn].[c]1ccccc1. The van der Waals surface area contributed by atoms with Crippen molar-refractivity contribution < 1.29 is 19.5 Å². The molecule has 0 aliphatic rings. The van der Waals surface area contributed by atoms with Crippen molar-refractivity contribution in [2.24, 2.45) is 0 Å². The van der Waals surface area contributed by atoms with Crippen molar-refractivity contribution in [3.8, 4) is 0 Å². The fraction of sp³-hybridized carbons (Fsp3) is 0.200. The summed E-state index contributed by atoms with van der Waals surface area (Å²) in [7, 11) is 0. The van der Waals surface area contributed by atoms with Gasteiger partial charge in [-0.25, -0.2) is 0 Å². The molecule has 1 heteroatoms. The van der Waals surface area contributed by atoms with Crippen LogP contribution in [0.5, 0.6) is 0 Å². The molecule has 1 rings (SSSR count). The van der Waals surface area contributed by atoms with Gasteiger partial charge in [-0.15, -0.1) is 0 Å². The van der Waals surface area contributed by atoms with Gasteiger partial charge in [-0.05, 0) is 19.9 Å². The average molecular weight is 199 g/mol. The smallest absolute Gasteiger partial charge is 0 e. The van der Waals surface area contributed by atoms with Gasteiger partial charge in [0.15, 0.2) is 0 Å². The predicted molar refractivity (Wildman–Crippen MR) is 45.8 cm³/mol. The summed E-state index contributed by atoms with van der Waals surface area (Å²) in [5, 5.41) is 0. The van der Waals surface area contributed by atoms with E-state index in [9.17, 15) is 0 Å². The van der Waals surface area contributed by atoms with Crippen molar-refractivity contribution in [2.45, 2.75) is 13.8 Å². The second-order valence-electron chi connectivity index (χ2n) is 1.74. The van der Waals surface area contributed by atoms with Gasteiger partial charge in [0.05, 0.1) is 0 Å². The summed E-state index contributed by atoms with van der Waals surface area (Å²) in [6.45, 7) is 4.00. The van der Waals surface area contributed by atoms with E-state index in [2.05, 4.69) is 6.07 Å². The van der Waals surface area contributed by atoms with Crippen LogP contribution in [0.25, 0.3) is 0 Å². The van der Waals surface area contributed by atoms with Crippen LogP contribution in [0.3, 0.4) is 0 Å². The van der Waals surface area contributed by atoms with Gasteiger partial charge in [0.25, 0.3) is 0 Å². The minimum absolute atomic E-state index is 0. The van der Waals surface area contributed by atoms with Crippen LogP contribution >= 0.6 is 0 Å². The summed E-state index contributed by atoms with van der Waals surface area (Å²) in [6, 6.07) is 12.5. The summed E-state index contributed by atoms with van der Waals surface area (Å²) in [5.74, 6) is 0. The fourth-order valence-electron chi connectivity index (χ4n) is 0.342. The number of hydrogen-bond acceptors (Lipinski definition) is 0. The Hall–Kier alpha value is -0.417. The van der Waals surface area contributed by atoms with E-state index in [1.165, 1.54) is 0 Å². The summed E-state index contributed by atoms with van der Waals surface area (Å²) >= 11 is 0. The quantitative estimate of drug-likeness (QED) is 0.444. The minimum atomic E-state index is 0. The van der Waals surface area contributed by atoms with E-state index >= 15 is 0 Å². The van der Waals surface area contributed by atoms with Gasteiger partial charge in [0.1, 0.15) is 0 Å². The van der Waals surface area contributed by atoms with Gasteiger partial charge in [0.2, 0.25) is 0 Å². The second kappa shape index (κ2) is 12.3. The van der Waals surface area contributed by atoms with Crippen molar-refractivity contribution in [1.82, 2.24) is 0 Å². The van der Waals surface area contributed by atoms with E-state index in [0.29, 0.717) is 0 Å². The molecular formula is C10H13Zn. The molecule has 0 spiro atoms. The normalized spacial score (nSPS) is 7.82. The number of hydrogen-bond donors (Lipinski definition) is 0. The zero-order chi connectivity index (χ0) is 7.66. The van der Waals surface area contributed by atoms with Crippen molar-refractivity contribution in [1.29, 1.82) is 0 Å². The van der Waals surface area contributed by atoms with Crippen LogP contribution < -0.4 is 0 Å². The first kappa shape index (κ1) is 13.2. The van der Waals surface area contributed by atoms with Crippen LogP contribution in [-0.2, 0) is 19.5 Å². The summed E-state index contributed by atoms with van der Waals surface area (Å²) < 4.78 is 0. The maximum Gasteiger partial charge on any atom is 0 e. The Labute approximate surface area is 82.1 Å². The van der Waals surface area contributed by atoms with E-state index in [-0.39, 0.29) is 19.5 Å². The van der Waals surface area contributed by atoms with Crippen LogP contribution in [0.15, 0.2) is 42.5 Å². The van der Waals surface area contributed by atoms with Crippen LogP contribution in [0.2, 0.25) is 0 Å². The largest absolute Gasteiger partial charge is 0.0919 e. The molecule has 0 heterocycles. The topological polar surface area (TPSA) is 0 Å².